The van der Waals surface area contributed by atoms with Gasteiger partial charge in [0.2, 0.25) is 12.2 Å². The summed E-state index contributed by atoms with van der Waals surface area (Å²) in [5.74, 6) is 1.85. The van der Waals surface area contributed by atoms with E-state index in [1.165, 1.54) is 0 Å². The predicted molar refractivity (Wildman–Crippen MR) is 84.1 cm³/mol. The quantitative estimate of drug-likeness (QED) is 0.433. The smallest absolute Gasteiger partial charge is 0.231 e. The highest BCUT2D eigenvalue weighted by Crippen LogP contribution is 2.18. The first-order chi connectivity index (χ1) is 10.7. The molecule has 0 aliphatic heterocycles. The lowest BCUT2D eigenvalue weighted by Crippen LogP contribution is -1.98. The van der Waals surface area contributed by atoms with Crippen molar-refractivity contribution in [1.29, 1.82) is 10.8 Å². The van der Waals surface area contributed by atoms with Crippen LogP contribution in [0.2, 0.25) is 0 Å². The lowest BCUT2D eigenvalue weighted by Gasteiger charge is -2.07. The molecule has 6 nitrogen and oxygen atoms in total. The van der Waals surface area contributed by atoms with Crippen LogP contribution in [0, 0.1) is 10.8 Å². The molecule has 1 rings (SSSR count). The van der Waals surface area contributed by atoms with Crippen molar-refractivity contribution in [2.75, 3.05) is 13.2 Å². The number of hydrogen-bond acceptors (Lipinski definition) is 6. The van der Waals surface area contributed by atoms with Crippen molar-refractivity contribution in [3.63, 3.8) is 0 Å². The Kier molecular flexibility index (Phi) is 18.5. The second kappa shape index (κ2) is 18.6. The highest BCUT2D eigenvalue weighted by atomic mass is 16.5. The first kappa shape index (κ1) is 21.9. The molecule has 0 aromatic heterocycles. The van der Waals surface area contributed by atoms with Crippen LogP contribution in [0.15, 0.2) is 24.3 Å². The molecule has 0 spiro atoms. The van der Waals surface area contributed by atoms with Crippen LogP contribution in [-0.4, -0.2) is 25.4 Å². The third kappa shape index (κ3) is 15.6. The fraction of sp³-hybridized carbons (Fsp3) is 0.500. The summed E-state index contributed by atoms with van der Waals surface area (Å²) < 4.78 is 11.1. The number of hydrogen-bond donors (Lipinski definition) is 2. The third-order valence-electron chi connectivity index (χ3n) is 2.36. The summed E-state index contributed by atoms with van der Waals surface area (Å²) >= 11 is 0. The van der Waals surface area contributed by atoms with Crippen molar-refractivity contribution in [2.24, 2.45) is 0 Å². The highest BCUT2D eigenvalue weighted by Gasteiger charge is 1.95. The molecule has 1 aromatic carbocycles. The second-order valence-electron chi connectivity index (χ2n) is 4.08. The summed E-state index contributed by atoms with van der Waals surface area (Å²) in [6.07, 6.45) is 6.04. The average Bonchev–Trinajstić information content (AvgIpc) is 2.51. The summed E-state index contributed by atoms with van der Waals surface area (Å²) in [6, 6.07) is 7.88. The van der Waals surface area contributed by atoms with E-state index in [0.29, 0.717) is 0 Å². The van der Waals surface area contributed by atoms with Crippen molar-refractivity contribution in [2.45, 2.75) is 39.5 Å². The van der Waals surface area contributed by atoms with Gasteiger partial charge in [-0.25, -0.2) is 20.4 Å². The van der Waals surface area contributed by atoms with Crippen LogP contribution < -0.4 is 9.47 Å². The van der Waals surface area contributed by atoms with Gasteiger partial charge in [0, 0.05) is 0 Å². The fourth-order valence-corrected chi connectivity index (χ4v) is 1.30. The Bertz CT molecular complexity index is 379. The van der Waals surface area contributed by atoms with Gasteiger partial charge in [-0.05, 0) is 37.1 Å². The van der Waals surface area contributed by atoms with Gasteiger partial charge in [0.15, 0.2) is 0 Å². The van der Waals surface area contributed by atoms with Gasteiger partial charge in [-0.2, -0.15) is 0 Å². The standard InChI is InChI=1S/C14H22O2.2CHNO/c1-3-5-11-15-13-7-9-14(10-8-13)16-12-6-4-2;2*2-1-3/h7-10H,3-6,11-12H2,1-2H3;2*2H. The minimum Gasteiger partial charge on any atom is -0.494 e. The molecule has 0 aliphatic carbocycles. The Morgan fingerprint density at radius 2 is 1.09 bits per heavy atom. The van der Waals surface area contributed by atoms with E-state index in [1.54, 1.807) is 0 Å². The number of unbranched alkanes of at least 4 members (excludes halogenated alkanes) is 2. The molecule has 0 amide bonds. The maximum absolute atomic E-state index is 8.35. The normalized spacial score (nSPS) is 8.09. The Balaban J connectivity index is 0. The van der Waals surface area contributed by atoms with Crippen molar-refractivity contribution in [1.82, 2.24) is 0 Å². The van der Waals surface area contributed by atoms with Gasteiger partial charge >= 0.3 is 0 Å². The molecule has 6 heteroatoms. The molecule has 0 atom stereocenters. The number of benzene rings is 1. The topological polar surface area (TPSA) is 100 Å². The molecule has 0 aliphatic rings. The molecule has 122 valence electrons. The first-order valence-electron chi connectivity index (χ1n) is 7.13. The van der Waals surface area contributed by atoms with E-state index in [-0.39, 0.29) is 0 Å². The van der Waals surface area contributed by atoms with E-state index in [0.717, 1.165) is 62.6 Å². The Morgan fingerprint density at radius 3 is 1.32 bits per heavy atom. The zero-order chi connectivity index (χ0) is 17.1. The molecule has 0 unspecified atom stereocenters. The Labute approximate surface area is 131 Å². The predicted octanol–water partition coefficient (Wildman–Crippen LogP) is 3.85. The van der Waals surface area contributed by atoms with Gasteiger partial charge in [0.1, 0.15) is 11.5 Å². The molecule has 0 saturated heterocycles. The lowest BCUT2D eigenvalue weighted by molar-refractivity contribution is 0.301. The summed E-state index contributed by atoms with van der Waals surface area (Å²) in [5, 5.41) is 10.8. The average molecular weight is 308 g/mol. The van der Waals surface area contributed by atoms with Gasteiger partial charge in [-0.3, -0.25) is 0 Å². The Morgan fingerprint density at radius 1 is 0.818 bits per heavy atom. The van der Waals surface area contributed by atoms with Gasteiger partial charge < -0.3 is 9.47 Å². The molecular weight excluding hydrogens is 284 g/mol. The second-order valence-corrected chi connectivity index (χ2v) is 4.08. The molecule has 1 aromatic rings. The third-order valence-corrected chi connectivity index (χ3v) is 2.36. The number of nitrogens with one attached hydrogen (secondary N) is 2. The van der Waals surface area contributed by atoms with E-state index in [2.05, 4.69) is 13.8 Å². The highest BCUT2D eigenvalue weighted by molar-refractivity contribution is 5.31. The van der Waals surface area contributed by atoms with E-state index in [4.69, 9.17) is 29.9 Å². The van der Waals surface area contributed by atoms with Gasteiger partial charge in [0.25, 0.3) is 0 Å². The first-order valence-corrected chi connectivity index (χ1v) is 7.13. The minimum atomic E-state index is 0.750. The molecule has 0 radical (unpaired) electrons. The summed E-state index contributed by atoms with van der Waals surface area (Å²) in [6.45, 7) is 5.92. The molecule has 0 bridgehead atoms. The van der Waals surface area contributed by atoms with Crippen LogP contribution in [0.1, 0.15) is 39.5 Å². The fourth-order valence-electron chi connectivity index (χ4n) is 1.30. The largest absolute Gasteiger partial charge is 0.494 e. The number of rotatable bonds is 8. The number of ether oxygens (including phenoxy) is 2. The van der Waals surface area contributed by atoms with Crippen LogP contribution in [-0.2, 0) is 9.59 Å². The molecular formula is C16H24N2O4. The van der Waals surface area contributed by atoms with Crippen LogP contribution in [0.25, 0.3) is 0 Å². The molecule has 0 saturated carbocycles. The number of isocyanates is 2. The van der Waals surface area contributed by atoms with Gasteiger partial charge in [0.05, 0.1) is 13.2 Å². The van der Waals surface area contributed by atoms with E-state index < -0.39 is 0 Å². The molecule has 22 heavy (non-hydrogen) atoms. The maximum atomic E-state index is 8.35. The molecule has 0 heterocycles. The van der Waals surface area contributed by atoms with Crippen molar-refractivity contribution in [3.05, 3.63) is 24.3 Å². The SMILES string of the molecule is CCCCOc1ccc(OCCCC)cc1.N=C=O.N=C=O. The van der Waals surface area contributed by atoms with Gasteiger partial charge in [-0.15, -0.1) is 0 Å². The van der Waals surface area contributed by atoms with Crippen LogP contribution >= 0.6 is 0 Å². The van der Waals surface area contributed by atoms with Crippen molar-refractivity contribution >= 4 is 12.2 Å². The molecule has 0 fully saturated rings. The zero-order valence-corrected chi connectivity index (χ0v) is 13.2. The summed E-state index contributed by atoms with van der Waals surface area (Å²) in [5.41, 5.74) is 0. The van der Waals surface area contributed by atoms with E-state index >= 15 is 0 Å². The molecule has 2 N–H and O–H groups in total. The van der Waals surface area contributed by atoms with Crippen LogP contribution in [0.3, 0.4) is 0 Å². The van der Waals surface area contributed by atoms with Crippen LogP contribution in [0.5, 0.6) is 11.5 Å². The van der Waals surface area contributed by atoms with E-state index in [9.17, 15) is 0 Å². The minimum absolute atomic E-state index is 0.750. The van der Waals surface area contributed by atoms with Crippen LogP contribution in [0.4, 0.5) is 0 Å². The maximum Gasteiger partial charge on any atom is 0.231 e. The summed E-state index contributed by atoms with van der Waals surface area (Å²) in [4.78, 5) is 16.7. The lowest BCUT2D eigenvalue weighted by atomic mass is 10.3. The zero-order valence-electron chi connectivity index (χ0n) is 13.2. The van der Waals surface area contributed by atoms with E-state index in [1.807, 2.05) is 24.3 Å². The van der Waals surface area contributed by atoms with Crippen molar-refractivity contribution in [3.8, 4) is 11.5 Å². The number of carbonyl (C=O) groups excluding carboxylic acids is 2. The van der Waals surface area contributed by atoms with Gasteiger partial charge in [-0.1, -0.05) is 26.7 Å². The summed E-state index contributed by atoms with van der Waals surface area (Å²) in [7, 11) is 0. The van der Waals surface area contributed by atoms with Crippen molar-refractivity contribution < 1.29 is 19.1 Å². The Hall–Kier alpha value is -2.42. The monoisotopic (exact) mass is 308 g/mol.